The van der Waals surface area contributed by atoms with Crippen LogP contribution in [0.4, 0.5) is 0 Å². The predicted molar refractivity (Wildman–Crippen MR) is 77.3 cm³/mol. The number of hydrogen-bond acceptors (Lipinski definition) is 3. The molecule has 0 bridgehead atoms. The highest BCUT2D eigenvalue weighted by Gasteiger charge is 2.24. The Morgan fingerprint density at radius 1 is 1.15 bits per heavy atom. The normalized spacial score (nSPS) is 12.2. The van der Waals surface area contributed by atoms with Crippen LogP contribution in [0.1, 0.15) is 11.1 Å². The van der Waals surface area contributed by atoms with Crippen LogP contribution in [0.3, 0.4) is 0 Å². The first-order valence-electron chi connectivity index (χ1n) is 6.50. The summed E-state index contributed by atoms with van der Waals surface area (Å²) in [6.07, 6.45) is 0.649. The Bertz CT molecular complexity index is 890. The van der Waals surface area contributed by atoms with E-state index in [1.165, 1.54) is 0 Å². The van der Waals surface area contributed by atoms with Gasteiger partial charge < -0.3 is 9.15 Å². The molecular weight excluding hydrogens is 252 g/mol. The molecule has 1 aliphatic rings. The van der Waals surface area contributed by atoms with Crippen molar-refractivity contribution < 1.29 is 9.15 Å². The minimum Gasteiger partial charge on any atom is -0.497 e. The second-order valence-electron chi connectivity index (χ2n) is 4.93. The maximum absolute atomic E-state index is 12.6. The largest absolute Gasteiger partial charge is 0.497 e. The average Bonchev–Trinajstić information content (AvgIpc) is 2.86. The van der Waals surface area contributed by atoms with E-state index in [0.717, 1.165) is 16.7 Å². The van der Waals surface area contributed by atoms with Crippen molar-refractivity contribution in [3.05, 3.63) is 63.8 Å². The molecule has 3 heteroatoms. The Morgan fingerprint density at radius 2 is 2.00 bits per heavy atom. The summed E-state index contributed by atoms with van der Waals surface area (Å²) in [6, 6.07) is 13.3. The highest BCUT2D eigenvalue weighted by molar-refractivity contribution is 5.84. The van der Waals surface area contributed by atoms with Crippen molar-refractivity contribution in [2.75, 3.05) is 7.11 Å². The van der Waals surface area contributed by atoms with Gasteiger partial charge in [-0.1, -0.05) is 24.3 Å². The van der Waals surface area contributed by atoms with Gasteiger partial charge in [0.1, 0.15) is 17.1 Å². The van der Waals surface area contributed by atoms with E-state index in [4.69, 9.17) is 9.15 Å². The molecule has 0 radical (unpaired) electrons. The molecule has 0 saturated carbocycles. The van der Waals surface area contributed by atoms with Crippen LogP contribution in [0.25, 0.3) is 22.3 Å². The Balaban J connectivity index is 2.08. The lowest BCUT2D eigenvalue weighted by Gasteiger charge is -2.05. The van der Waals surface area contributed by atoms with Crippen LogP contribution in [-0.2, 0) is 6.42 Å². The molecule has 0 atom stereocenters. The zero-order valence-corrected chi connectivity index (χ0v) is 11.0. The summed E-state index contributed by atoms with van der Waals surface area (Å²) in [5, 5.41) is 0.609. The Kier molecular flexibility index (Phi) is 2.24. The summed E-state index contributed by atoms with van der Waals surface area (Å²) in [6.45, 7) is 0. The molecule has 1 heterocycles. The Hall–Kier alpha value is -2.55. The summed E-state index contributed by atoms with van der Waals surface area (Å²) in [5.74, 6) is 1.39. The number of methoxy groups -OCH3 is 1. The van der Waals surface area contributed by atoms with Gasteiger partial charge in [-0.25, -0.2) is 0 Å². The molecule has 0 saturated heterocycles. The first-order valence-corrected chi connectivity index (χ1v) is 6.50. The number of rotatable bonds is 1. The van der Waals surface area contributed by atoms with Crippen molar-refractivity contribution in [3.63, 3.8) is 0 Å². The summed E-state index contributed by atoms with van der Waals surface area (Å²) in [4.78, 5) is 12.6. The van der Waals surface area contributed by atoms with Crippen LogP contribution in [0.15, 0.2) is 51.7 Å². The van der Waals surface area contributed by atoms with Gasteiger partial charge in [0.2, 0.25) is 0 Å². The van der Waals surface area contributed by atoms with Gasteiger partial charge in [0.25, 0.3) is 0 Å². The van der Waals surface area contributed by atoms with Gasteiger partial charge in [-0.15, -0.1) is 0 Å². The minimum absolute atomic E-state index is 0.0557. The van der Waals surface area contributed by atoms with E-state index in [-0.39, 0.29) is 5.43 Å². The zero-order chi connectivity index (χ0) is 13.7. The lowest BCUT2D eigenvalue weighted by molar-refractivity contribution is 0.414. The second-order valence-corrected chi connectivity index (χ2v) is 4.93. The van der Waals surface area contributed by atoms with E-state index in [1.54, 1.807) is 25.3 Å². The standard InChI is InChI=1S/C17H12O3/c1-19-11-6-7-13-15(9-11)20-17-12-5-3-2-4-10(12)8-14(17)16(13)18/h2-7,9H,8H2,1H3. The van der Waals surface area contributed by atoms with Crippen LogP contribution >= 0.6 is 0 Å². The summed E-state index contributed by atoms with van der Waals surface area (Å²) >= 11 is 0. The van der Waals surface area contributed by atoms with Gasteiger partial charge in [-0.3, -0.25) is 4.79 Å². The van der Waals surface area contributed by atoms with Crippen LogP contribution in [0.5, 0.6) is 5.75 Å². The van der Waals surface area contributed by atoms with Crippen LogP contribution in [0, 0.1) is 0 Å². The second kappa shape index (κ2) is 3.97. The molecule has 1 aliphatic carbocycles. The van der Waals surface area contributed by atoms with Gasteiger partial charge in [-0.2, -0.15) is 0 Å². The fourth-order valence-electron chi connectivity index (χ4n) is 2.80. The number of benzene rings is 2. The van der Waals surface area contributed by atoms with Crippen molar-refractivity contribution >= 4 is 11.0 Å². The number of hydrogen-bond donors (Lipinski definition) is 0. The predicted octanol–water partition coefficient (Wildman–Crippen LogP) is 3.37. The molecule has 20 heavy (non-hydrogen) atoms. The monoisotopic (exact) mass is 264 g/mol. The molecule has 0 unspecified atom stereocenters. The number of fused-ring (bicyclic) bond motifs is 4. The molecule has 3 nitrogen and oxygen atoms in total. The van der Waals surface area contributed by atoms with Crippen LogP contribution in [-0.4, -0.2) is 7.11 Å². The Morgan fingerprint density at radius 3 is 2.85 bits per heavy atom. The first-order chi connectivity index (χ1) is 9.78. The molecule has 2 aromatic carbocycles. The maximum atomic E-state index is 12.6. The maximum Gasteiger partial charge on any atom is 0.196 e. The van der Waals surface area contributed by atoms with Crippen molar-refractivity contribution in [2.24, 2.45) is 0 Å². The third-order valence-electron chi connectivity index (χ3n) is 3.82. The third-order valence-corrected chi connectivity index (χ3v) is 3.82. The van der Waals surface area contributed by atoms with Gasteiger partial charge in [-0.05, 0) is 17.7 Å². The van der Waals surface area contributed by atoms with Crippen molar-refractivity contribution in [1.29, 1.82) is 0 Å². The van der Waals surface area contributed by atoms with E-state index in [9.17, 15) is 4.79 Å². The van der Waals surface area contributed by atoms with Crippen molar-refractivity contribution in [3.8, 4) is 17.1 Å². The summed E-state index contributed by atoms with van der Waals surface area (Å²) in [7, 11) is 1.60. The lowest BCUT2D eigenvalue weighted by Crippen LogP contribution is -2.07. The van der Waals surface area contributed by atoms with Gasteiger partial charge >= 0.3 is 0 Å². The van der Waals surface area contributed by atoms with Crippen LogP contribution < -0.4 is 10.2 Å². The first kappa shape index (κ1) is 11.3. The lowest BCUT2D eigenvalue weighted by atomic mass is 10.1. The summed E-state index contributed by atoms with van der Waals surface area (Å²) < 4.78 is 11.2. The van der Waals surface area contributed by atoms with E-state index < -0.39 is 0 Å². The molecule has 0 amide bonds. The molecule has 1 aromatic heterocycles. The fraction of sp³-hybridized carbons (Fsp3) is 0.118. The van der Waals surface area contributed by atoms with Crippen molar-refractivity contribution in [1.82, 2.24) is 0 Å². The molecule has 0 aliphatic heterocycles. The number of ether oxygens (including phenoxy) is 1. The Labute approximate surface area is 115 Å². The molecule has 3 aromatic rings. The molecule has 98 valence electrons. The average molecular weight is 264 g/mol. The van der Waals surface area contributed by atoms with Gasteiger partial charge in [0, 0.05) is 23.6 Å². The van der Waals surface area contributed by atoms with E-state index >= 15 is 0 Å². The fourth-order valence-corrected chi connectivity index (χ4v) is 2.80. The smallest absolute Gasteiger partial charge is 0.196 e. The molecular formula is C17H12O3. The minimum atomic E-state index is 0.0557. The van der Waals surface area contributed by atoms with E-state index in [1.807, 2.05) is 24.3 Å². The zero-order valence-electron chi connectivity index (χ0n) is 11.0. The molecule has 0 N–H and O–H groups in total. The quantitative estimate of drug-likeness (QED) is 0.529. The third kappa shape index (κ3) is 1.43. The highest BCUT2D eigenvalue weighted by Crippen LogP contribution is 2.36. The van der Waals surface area contributed by atoms with E-state index in [2.05, 4.69) is 0 Å². The molecule has 0 fully saturated rings. The summed E-state index contributed by atoms with van der Waals surface area (Å²) in [5.41, 5.74) is 3.55. The topological polar surface area (TPSA) is 39.4 Å². The molecule has 4 rings (SSSR count). The SMILES string of the molecule is COc1ccc2c(=O)c3c(oc2c1)-c1ccccc1C3. The van der Waals surface area contributed by atoms with Gasteiger partial charge in [0.15, 0.2) is 5.43 Å². The van der Waals surface area contributed by atoms with Gasteiger partial charge in [0.05, 0.1) is 12.5 Å². The van der Waals surface area contributed by atoms with E-state index in [0.29, 0.717) is 28.9 Å². The van der Waals surface area contributed by atoms with Crippen molar-refractivity contribution in [2.45, 2.75) is 6.42 Å². The van der Waals surface area contributed by atoms with Crippen LogP contribution in [0.2, 0.25) is 0 Å². The highest BCUT2D eigenvalue weighted by atomic mass is 16.5. The molecule has 0 spiro atoms.